The molecule has 0 bridgehead atoms. The van der Waals surface area contributed by atoms with Crippen molar-refractivity contribution in [2.45, 2.75) is 26.4 Å². The number of methoxy groups -OCH3 is 1. The number of hydrogen-bond donors (Lipinski definition) is 0. The van der Waals surface area contributed by atoms with E-state index in [9.17, 15) is 9.59 Å². The second kappa shape index (κ2) is 6.89. The van der Waals surface area contributed by atoms with E-state index < -0.39 is 5.60 Å². The first-order valence-electron chi connectivity index (χ1n) is 7.72. The zero-order chi connectivity index (χ0) is 17.0. The van der Waals surface area contributed by atoms with Gasteiger partial charge in [-0.2, -0.15) is 0 Å². The Labute approximate surface area is 137 Å². The van der Waals surface area contributed by atoms with Crippen LogP contribution in [0, 0.1) is 0 Å². The molecule has 0 aromatic heterocycles. The van der Waals surface area contributed by atoms with Gasteiger partial charge in [-0.1, -0.05) is 12.1 Å². The summed E-state index contributed by atoms with van der Waals surface area (Å²) in [6.07, 6.45) is -0.332. The molecule has 1 aromatic carbocycles. The van der Waals surface area contributed by atoms with Crippen LogP contribution in [0.4, 0.5) is 4.79 Å². The summed E-state index contributed by atoms with van der Waals surface area (Å²) in [5.74, 6) is 0.485. The molecule has 1 aliphatic heterocycles. The summed E-state index contributed by atoms with van der Waals surface area (Å²) < 4.78 is 10.6. The molecule has 6 heteroatoms. The van der Waals surface area contributed by atoms with Crippen LogP contribution in [0.2, 0.25) is 0 Å². The number of nitrogens with zero attached hydrogens (tertiary/aromatic N) is 2. The molecule has 0 saturated carbocycles. The molecule has 0 spiro atoms. The van der Waals surface area contributed by atoms with Crippen LogP contribution in [0.25, 0.3) is 0 Å². The Hall–Kier alpha value is -2.24. The third kappa shape index (κ3) is 4.37. The molecule has 0 unspecified atom stereocenters. The van der Waals surface area contributed by atoms with E-state index in [1.807, 2.05) is 32.9 Å². The topological polar surface area (TPSA) is 59.1 Å². The molecule has 126 valence electrons. The van der Waals surface area contributed by atoms with Gasteiger partial charge in [0.15, 0.2) is 0 Å². The van der Waals surface area contributed by atoms with Crippen molar-refractivity contribution < 1.29 is 19.1 Å². The fourth-order valence-electron chi connectivity index (χ4n) is 2.41. The normalized spacial score (nSPS) is 15.3. The van der Waals surface area contributed by atoms with Crippen LogP contribution in [0.3, 0.4) is 0 Å². The number of carbonyl (C=O) groups excluding carboxylic acids is 2. The second-order valence-corrected chi connectivity index (χ2v) is 6.46. The van der Waals surface area contributed by atoms with Gasteiger partial charge in [0.05, 0.1) is 12.7 Å². The minimum Gasteiger partial charge on any atom is -0.496 e. The Morgan fingerprint density at radius 3 is 2.13 bits per heavy atom. The van der Waals surface area contributed by atoms with Gasteiger partial charge in [-0.25, -0.2) is 4.79 Å². The first kappa shape index (κ1) is 17.1. The number of hydrogen-bond acceptors (Lipinski definition) is 4. The molecule has 0 aliphatic carbocycles. The van der Waals surface area contributed by atoms with Crippen LogP contribution < -0.4 is 4.74 Å². The Morgan fingerprint density at radius 1 is 1.00 bits per heavy atom. The van der Waals surface area contributed by atoms with Gasteiger partial charge in [0.2, 0.25) is 0 Å². The maximum atomic E-state index is 12.6. The minimum absolute atomic E-state index is 0.0775. The lowest BCUT2D eigenvalue weighted by molar-refractivity contribution is 0.0140. The summed E-state index contributed by atoms with van der Waals surface area (Å²) in [5, 5.41) is 0. The summed E-state index contributed by atoms with van der Waals surface area (Å²) in [7, 11) is 1.55. The van der Waals surface area contributed by atoms with Crippen molar-refractivity contribution in [2.24, 2.45) is 0 Å². The smallest absolute Gasteiger partial charge is 0.410 e. The average molecular weight is 320 g/mol. The van der Waals surface area contributed by atoms with E-state index in [2.05, 4.69) is 0 Å². The Morgan fingerprint density at radius 2 is 1.57 bits per heavy atom. The van der Waals surface area contributed by atoms with Gasteiger partial charge in [0, 0.05) is 26.2 Å². The molecule has 6 nitrogen and oxygen atoms in total. The zero-order valence-corrected chi connectivity index (χ0v) is 14.2. The second-order valence-electron chi connectivity index (χ2n) is 6.46. The lowest BCUT2D eigenvalue weighted by atomic mass is 10.1. The predicted molar refractivity (Wildman–Crippen MR) is 86.7 cm³/mol. The number of amides is 2. The quantitative estimate of drug-likeness (QED) is 0.839. The third-order valence-corrected chi connectivity index (χ3v) is 3.56. The summed E-state index contributed by atoms with van der Waals surface area (Å²) in [5.41, 5.74) is 0.0299. The van der Waals surface area contributed by atoms with Crippen molar-refractivity contribution >= 4 is 12.0 Å². The third-order valence-electron chi connectivity index (χ3n) is 3.56. The van der Waals surface area contributed by atoms with Crippen molar-refractivity contribution in [2.75, 3.05) is 33.3 Å². The van der Waals surface area contributed by atoms with E-state index in [0.29, 0.717) is 37.5 Å². The van der Waals surface area contributed by atoms with Gasteiger partial charge in [-0.15, -0.1) is 0 Å². The first-order valence-corrected chi connectivity index (χ1v) is 7.72. The van der Waals surface area contributed by atoms with Gasteiger partial charge in [-0.3, -0.25) is 4.79 Å². The number of rotatable bonds is 2. The maximum absolute atomic E-state index is 12.6. The largest absolute Gasteiger partial charge is 0.496 e. The fraction of sp³-hybridized carbons (Fsp3) is 0.529. The highest BCUT2D eigenvalue weighted by atomic mass is 16.6. The lowest BCUT2D eigenvalue weighted by Gasteiger charge is -2.35. The summed E-state index contributed by atoms with van der Waals surface area (Å²) in [4.78, 5) is 28.0. The van der Waals surface area contributed by atoms with Crippen molar-refractivity contribution in [3.63, 3.8) is 0 Å². The predicted octanol–water partition coefficient (Wildman–Crippen LogP) is 2.39. The van der Waals surface area contributed by atoms with E-state index >= 15 is 0 Å². The van der Waals surface area contributed by atoms with Crippen LogP contribution in [-0.4, -0.2) is 60.7 Å². The van der Waals surface area contributed by atoms with Gasteiger partial charge in [0.25, 0.3) is 5.91 Å². The van der Waals surface area contributed by atoms with Crippen LogP contribution in [0.1, 0.15) is 31.1 Å². The van der Waals surface area contributed by atoms with E-state index in [-0.39, 0.29) is 12.0 Å². The van der Waals surface area contributed by atoms with E-state index in [1.165, 1.54) is 0 Å². The number of piperazine rings is 1. The van der Waals surface area contributed by atoms with E-state index in [0.717, 1.165) is 0 Å². The first-order chi connectivity index (χ1) is 10.8. The number of carbonyl (C=O) groups is 2. The molecule has 0 N–H and O–H groups in total. The molecule has 1 aliphatic rings. The van der Waals surface area contributed by atoms with Crippen LogP contribution in [0.15, 0.2) is 24.3 Å². The van der Waals surface area contributed by atoms with Gasteiger partial charge >= 0.3 is 6.09 Å². The van der Waals surface area contributed by atoms with Crippen molar-refractivity contribution in [1.29, 1.82) is 0 Å². The highest BCUT2D eigenvalue weighted by Gasteiger charge is 2.28. The molecule has 1 aromatic rings. The molecule has 1 heterocycles. The Balaban J connectivity index is 1.96. The standard InChI is InChI=1S/C17H24N2O4/c1-17(2,3)23-16(21)19-11-9-18(10-12-19)15(20)13-7-5-6-8-14(13)22-4/h5-8H,9-12H2,1-4H3. The summed E-state index contributed by atoms with van der Waals surface area (Å²) in [6, 6.07) is 7.16. The van der Waals surface area contributed by atoms with Crippen LogP contribution in [0.5, 0.6) is 5.75 Å². The van der Waals surface area contributed by atoms with Gasteiger partial charge in [-0.05, 0) is 32.9 Å². The molecular weight excluding hydrogens is 296 g/mol. The summed E-state index contributed by atoms with van der Waals surface area (Å²) >= 11 is 0. The Bertz CT molecular complexity index is 572. The highest BCUT2D eigenvalue weighted by molar-refractivity contribution is 5.97. The SMILES string of the molecule is COc1ccccc1C(=O)N1CCN(C(=O)OC(C)(C)C)CC1. The van der Waals surface area contributed by atoms with Crippen molar-refractivity contribution in [3.8, 4) is 5.75 Å². The molecule has 2 rings (SSSR count). The Kier molecular flexibility index (Phi) is 5.13. The van der Waals surface area contributed by atoms with Crippen LogP contribution in [-0.2, 0) is 4.74 Å². The summed E-state index contributed by atoms with van der Waals surface area (Å²) in [6.45, 7) is 7.42. The van der Waals surface area contributed by atoms with Gasteiger partial charge < -0.3 is 19.3 Å². The molecule has 2 amide bonds. The molecule has 0 atom stereocenters. The van der Waals surface area contributed by atoms with E-state index in [1.54, 1.807) is 29.0 Å². The maximum Gasteiger partial charge on any atom is 0.410 e. The molecule has 0 radical (unpaired) electrons. The number of para-hydroxylation sites is 1. The van der Waals surface area contributed by atoms with Crippen LogP contribution >= 0.6 is 0 Å². The highest BCUT2D eigenvalue weighted by Crippen LogP contribution is 2.20. The zero-order valence-electron chi connectivity index (χ0n) is 14.2. The molecule has 23 heavy (non-hydrogen) atoms. The fourth-order valence-corrected chi connectivity index (χ4v) is 2.41. The van der Waals surface area contributed by atoms with E-state index in [4.69, 9.17) is 9.47 Å². The number of ether oxygens (including phenoxy) is 2. The minimum atomic E-state index is -0.512. The average Bonchev–Trinajstić information content (AvgIpc) is 2.52. The van der Waals surface area contributed by atoms with Crippen molar-refractivity contribution in [3.05, 3.63) is 29.8 Å². The number of benzene rings is 1. The van der Waals surface area contributed by atoms with Gasteiger partial charge in [0.1, 0.15) is 11.4 Å². The molecule has 1 saturated heterocycles. The monoisotopic (exact) mass is 320 g/mol. The van der Waals surface area contributed by atoms with Crippen molar-refractivity contribution in [1.82, 2.24) is 9.80 Å². The molecule has 1 fully saturated rings. The molecular formula is C17H24N2O4. The lowest BCUT2D eigenvalue weighted by Crippen LogP contribution is -2.51.